The number of hydrogen-bond donors (Lipinski definition) is 4. The number of nitrogens with two attached hydrogens (primary N) is 1. The highest BCUT2D eigenvalue weighted by Gasteiger charge is 2.13. The van der Waals surface area contributed by atoms with Gasteiger partial charge in [-0.1, -0.05) is 24.3 Å². The van der Waals surface area contributed by atoms with Crippen LogP contribution in [0.5, 0.6) is 0 Å². The Bertz CT molecular complexity index is 1220. The number of aromatic amines is 1. The highest BCUT2D eigenvalue weighted by atomic mass is 19.1. The lowest BCUT2D eigenvalue weighted by Gasteiger charge is -2.10. The van der Waals surface area contributed by atoms with Crippen LogP contribution in [0.2, 0.25) is 0 Å². The summed E-state index contributed by atoms with van der Waals surface area (Å²) < 4.78 is 27.5. The van der Waals surface area contributed by atoms with Crippen LogP contribution in [0.1, 0.15) is 5.56 Å². The van der Waals surface area contributed by atoms with Gasteiger partial charge in [0.25, 0.3) is 0 Å². The smallest absolute Gasteiger partial charge is 0.323 e. The molecular formula is C21H17F2N5O. The Kier molecular flexibility index (Phi) is 4.59. The molecule has 0 saturated heterocycles. The lowest BCUT2D eigenvalue weighted by Crippen LogP contribution is -2.19. The first-order chi connectivity index (χ1) is 13.9. The molecule has 4 aromatic rings. The predicted molar refractivity (Wildman–Crippen MR) is 110 cm³/mol. The number of urea groups is 1. The number of fused-ring (bicyclic) bond motifs is 1. The lowest BCUT2D eigenvalue weighted by atomic mass is 10.0. The number of nitrogens with one attached hydrogen (secondary N) is 3. The molecular weight excluding hydrogens is 376 g/mol. The van der Waals surface area contributed by atoms with E-state index in [1.54, 1.807) is 49.4 Å². The average molecular weight is 393 g/mol. The first kappa shape index (κ1) is 18.4. The normalized spacial score (nSPS) is 10.9. The molecule has 5 N–H and O–H groups in total. The van der Waals surface area contributed by atoms with Gasteiger partial charge in [0.05, 0.1) is 5.39 Å². The number of H-pyrrole nitrogens is 1. The molecule has 0 radical (unpaired) electrons. The first-order valence-corrected chi connectivity index (χ1v) is 8.79. The zero-order valence-electron chi connectivity index (χ0n) is 15.4. The number of nitrogens with zero attached hydrogens (tertiary/aromatic N) is 1. The second-order valence-corrected chi connectivity index (χ2v) is 6.57. The van der Waals surface area contributed by atoms with Gasteiger partial charge < -0.3 is 16.4 Å². The standard InChI is InChI=1S/C21H17F2N5O/c1-11-2-5-14(10-17(11)23)26-21(29)25-13-6-3-12(4-7-13)15-8-9-16(22)19-18(15)20(24)28-27-19/h2-10H,1H3,(H3,24,27,28)(H2,25,26,29). The Balaban J connectivity index is 1.52. The van der Waals surface area contributed by atoms with Gasteiger partial charge in [0.2, 0.25) is 0 Å². The largest absolute Gasteiger partial charge is 0.382 e. The van der Waals surface area contributed by atoms with Crippen LogP contribution in [0, 0.1) is 18.6 Å². The van der Waals surface area contributed by atoms with Crippen molar-refractivity contribution in [2.24, 2.45) is 0 Å². The monoisotopic (exact) mass is 393 g/mol. The Morgan fingerprint density at radius 3 is 2.38 bits per heavy atom. The molecule has 0 aliphatic rings. The molecule has 0 unspecified atom stereocenters. The van der Waals surface area contributed by atoms with Crippen molar-refractivity contribution in [2.75, 3.05) is 16.4 Å². The number of amides is 2. The Hall–Kier alpha value is -3.94. The third kappa shape index (κ3) is 3.60. The maximum atomic E-state index is 13.9. The van der Waals surface area contributed by atoms with E-state index in [4.69, 9.17) is 5.73 Å². The summed E-state index contributed by atoms with van der Waals surface area (Å²) in [6.07, 6.45) is 0. The van der Waals surface area contributed by atoms with Crippen LogP contribution in [0.4, 0.5) is 30.8 Å². The van der Waals surface area contributed by atoms with Gasteiger partial charge in [0.15, 0.2) is 5.82 Å². The summed E-state index contributed by atoms with van der Waals surface area (Å²) in [7, 11) is 0. The van der Waals surface area contributed by atoms with Gasteiger partial charge in [-0.25, -0.2) is 13.6 Å². The third-order valence-electron chi connectivity index (χ3n) is 4.58. The number of anilines is 3. The number of carbonyl (C=O) groups excluding carboxylic acids is 1. The summed E-state index contributed by atoms with van der Waals surface area (Å²) in [6.45, 7) is 1.65. The van der Waals surface area contributed by atoms with Gasteiger partial charge in [-0.05, 0) is 53.9 Å². The number of carbonyl (C=O) groups is 1. The van der Waals surface area contributed by atoms with Crippen LogP contribution in [-0.2, 0) is 0 Å². The fourth-order valence-electron chi connectivity index (χ4n) is 3.06. The van der Waals surface area contributed by atoms with Crippen LogP contribution in [0.15, 0.2) is 54.6 Å². The van der Waals surface area contributed by atoms with Gasteiger partial charge in [0.1, 0.15) is 17.2 Å². The molecule has 1 aromatic heterocycles. The molecule has 0 spiro atoms. The van der Waals surface area contributed by atoms with Crippen molar-refractivity contribution < 1.29 is 13.6 Å². The van der Waals surface area contributed by atoms with E-state index < -0.39 is 17.7 Å². The fourth-order valence-corrected chi connectivity index (χ4v) is 3.06. The number of hydrogen-bond acceptors (Lipinski definition) is 3. The maximum absolute atomic E-state index is 13.9. The second-order valence-electron chi connectivity index (χ2n) is 6.57. The van der Waals surface area contributed by atoms with Crippen molar-refractivity contribution in [3.05, 3.63) is 71.8 Å². The summed E-state index contributed by atoms with van der Waals surface area (Å²) in [4.78, 5) is 12.1. The van der Waals surface area contributed by atoms with Crippen LogP contribution in [0.3, 0.4) is 0 Å². The first-order valence-electron chi connectivity index (χ1n) is 8.79. The van der Waals surface area contributed by atoms with Crippen molar-refractivity contribution in [1.29, 1.82) is 0 Å². The van der Waals surface area contributed by atoms with Crippen molar-refractivity contribution in [1.82, 2.24) is 10.2 Å². The summed E-state index contributed by atoms with van der Waals surface area (Å²) >= 11 is 0. The Labute approximate surface area is 164 Å². The highest BCUT2D eigenvalue weighted by Crippen LogP contribution is 2.33. The van der Waals surface area contributed by atoms with Crippen molar-refractivity contribution in [3.63, 3.8) is 0 Å². The lowest BCUT2D eigenvalue weighted by molar-refractivity contribution is 0.262. The molecule has 0 saturated carbocycles. The molecule has 3 aromatic carbocycles. The van der Waals surface area contributed by atoms with E-state index in [1.807, 2.05) is 0 Å². The van der Waals surface area contributed by atoms with Crippen molar-refractivity contribution >= 4 is 34.1 Å². The molecule has 146 valence electrons. The van der Waals surface area contributed by atoms with E-state index >= 15 is 0 Å². The van der Waals surface area contributed by atoms with E-state index in [0.29, 0.717) is 22.3 Å². The molecule has 0 aliphatic carbocycles. The van der Waals surface area contributed by atoms with E-state index in [-0.39, 0.29) is 11.3 Å². The summed E-state index contributed by atoms with van der Waals surface area (Å²) in [6, 6.07) is 13.9. The number of aryl methyl sites for hydroxylation is 1. The minimum Gasteiger partial charge on any atom is -0.382 e. The van der Waals surface area contributed by atoms with Crippen LogP contribution in [0.25, 0.3) is 22.0 Å². The molecule has 0 fully saturated rings. The molecule has 6 nitrogen and oxygen atoms in total. The van der Waals surface area contributed by atoms with Crippen molar-refractivity contribution in [2.45, 2.75) is 6.92 Å². The van der Waals surface area contributed by atoms with Gasteiger partial charge >= 0.3 is 6.03 Å². The maximum Gasteiger partial charge on any atom is 0.323 e. The van der Waals surface area contributed by atoms with Crippen LogP contribution in [-0.4, -0.2) is 16.2 Å². The van der Waals surface area contributed by atoms with E-state index in [1.165, 1.54) is 12.1 Å². The van der Waals surface area contributed by atoms with Crippen LogP contribution >= 0.6 is 0 Å². The molecule has 2 amide bonds. The average Bonchev–Trinajstić information content (AvgIpc) is 3.09. The number of halogens is 2. The number of rotatable bonds is 3. The summed E-state index contributed by atoms with van der Waals surface area (Å²) in [5.41, 5.74) is 9.01. The van der Waals surface area contributed by atoms with E-state index in [2.05, 4.69) is 20.8 Å². The van der Waals surface area contributed by atoms with Gasteiger partial charge in [-0.2, -0.15) is 5.10 Å². The molecule has 4 rings (SSSR count). The number of aromatic nitrogens is 2. The summed E-state index contributed by atoms with van der Waals surface area (Å²) in [5.74, 6) is -0.617. The minimum absolute atomic E-state index is 0.210. The Morgan fingerprint density at radius 2 is 1.66 bits per heavy atom. The fraction of sp³-hybridized carbons (Fsp3) is 0.0476. The van der Waals surface area contributed by atoms with Gasteiger partial charge in [-0.3, -0.25) is 5.10 Å². The van der Waals surface area contributed by atoms with Crippen molar-refractivity contribution in [3.8, 4) is 11.1 Å². The predicted octanol–water partition coefficient (Wildman–Crippen LogP) is 5.04. The molecule has 29 heavy (non-hydrogen) atoms. The highest BCUT2D eigenvalue weighted by molar-refractivity contribution is 6.02. The second kappa shape index (κ2) is 7.23. The molecule has 0 bridgehead atoms. The molecule has 1 heterocycles. The minimum atomic E-state index is -0.496. The van der Waals surface area contributed by atoms with Crippen LogP contribution < -0.4 is 16.4 Å². The van der Waals surface area contributed by atoms with Gasteiger partial charge in [-0.15, -0.1) is 0 Å². The molecule has 0 aliphatic heterocycles. The summed E-state index contributed by atoms with van der Waals surface area (Å²) in [5, 5.41) is 12.2. The zero-order valence-corrected chi connectivity index (χ0v) is 15.4. The third-order valence-corrected chi connectivity index (χ3v) is 4.58. The number of nitrogen functional groups attached to an aromatic ring is 1. The van der Waals surface area contributed by atoms with Gasteiger partial charge in [0, 0.05) is 11.4 Å². The molecule has 8 heteroatoms. The van der Waals surface area contributed by atoms with E-state index in [0.717, 1.165) is 11.1 Å². The quantitative estimate of drug-likeness (QED) is 0.392. The zero-order chi connectivity index (χ0) is 20.5. The Morgan fingerprint density at radius 1 is 0.966 bits per heavy atom. The van der Waals surface area contributed by atoms with E-state index in [9.17, 15) is 13.6 Å². The topological polar surface area (TPSA) is 95.8 Å². The number of benzene rings is 3. The molecule has 0 atom stereocenters. The SMILES string of the molecule is Cc1ccc(NC(=O)Nc2ccc(-c3ccc(F)c4[nH]nc(N)c34)cc2)cc1F.